The van der Waals surface area contributed by atoms with E-state index in [9.17, 15) is 27.6 Å². The van der Waals surface area contributed by atoms with Gasteiger partial charge in [-0.05, 0) is 96.3 Å². The fourth-order valence-corrected chi connectivity index (χ4v) is 9.97. The Hall–Kier alpha value is -4.99. The van der Waals surface area contributed by atoms with Crippen molar-refractivity contribution >= 4 is 44.4 Å². The van der Waals surface area contributed by atoms with Gasteiger partial charge in [0.25, 0.3) is 5.91 Å². The SMILES string of the molecule is COc1ccc2c(O[C@@H]3C[C@H]4C(=O)C[C@]5(C(=O)NS(=O)(=O)C6(C)CC6)C[C@@H]5/C=C\CCCCC[C@H](NC(=O)c5ccn(CC(C)C)n5)C(=O)N4C3)cc(OC(C)C)nc2c1C. The van der Waals surface area contributed by atoms with Gasteiger partial charge in [0.1, 0.15) is 29.3 Å². The summed E-state index contributed by atoms with van der Waals surface area (Å²) in [6.07, 6.45) is 9.10. The molecule has 2 saturated carbocycles. The van der Waals surface area contributed by atoms with Crippen molar-refractivity contribution in [3.05, 3.63) is 53.9 Å². The molecular weight excluding hydrogens is 801 g/mol. The number of ketones is 1. The van der Waals surface area contributed by atoms with Crippen molar-refractivity contribution in [3.63, 3.8) is 0 Å². The summed E-state index contributed by atoms with van der Waals surface area (Å²) < 4.78 is 48.0. The van der Waals surface area contributed by atoms with E-state index >= 15 is 0 Å². The Balaban J connectivity index is 1.23. The number of aromatic nitrogens is 3. The Morgan fingerprint density at radius 2 is 1.82 bits per heavy atom. The molecule has 2 aliphatic heterocycles. The number of fused-ring (bicyclic) bond motifs is 3. The molecule has 2 aliphatic carbocycles. The molecule has 61 heavy (non-hydrogen) atoms. The maximum atomic E-state index is 14.9. The second kappa shape index (κ2) is 17.4. The highest BCUT2D eigenvalue weighted by Crippen LogP contribution is 2.57. The summed E-state index contributed by atoms with van der Waals surface area (Å²) in [6, 6.07) is 5.00. The lowest BCUT2D eigenvalue weighted by Gasteiger charge is -2.29. The minimum Gasteiger partial charge on any atom is -0.496 e. The maximum absolute atomic E-state index is 14.9. The first-order chi connectivity index (χ1) is 28.9. The van der Waals surface area contributed by atoms with Gasteiger partial charge in [0.2, 0.25) is 27.7 Å². The molecule has 15 nitrogen and oxygen atoms in total. The van der Waals surface area contributed by atoms with Crippen LogP contribution in [0.3, 0.4) is 0 Å². The maximum Gasteiger partial charge on any atom is 0.272 e. The van der Waals surface area contributed by atoms with Crippen LogP contribution in [0.1, 0.15) is 115 Å². The third-order valence-corrected chi connectivity index (χ3v) is 14.7. The highest BCUT2D eigenvalue weighted by molar-refractivity contribution is 7.91. The Morgan fingerprint density at radius 1 is 1.05 bits per heavy atom. The lowest BCUT2D eigenvalue weighted by atomic mass is 9.91. The molecule has 4 heterocycles. The number of Topliss-reactive ketones (excluding diaryl/α,β-unsaturated/α-hetero) is 1. The van der Waals surface area contributed by atoms with Gasteiger partial charge >= 0.3 is 0 Å². The molecule has 4 aliphatic rings. The second-order valence-corrected chi connectivity index (χ2v) is 20.5. The number of ether oxygens (including phenoxy) is 3. The number of rotatable bonds is 12. The van der Waals surface area contributed by atoms with Crippen LogP contribution < -0.4 is 24.2 Å². The minimum atomic E-state index is -3.97. The molecule has 330 valence electrons. The van der Waals surface area contributed by atoms with Crippen LogP contribution in [0.2, 0.25) is 0 Å². The normalized spacial score (nSPS) is 25.9. The first-order valence-corrected chi connectivity index (χ1v) is 23.1. The van der Waals surface area contributed by atoms with E-state index in [4.69, 9.17) is 19.2 Å². The average Bonchev–Trinajstić information content (AvgIpc) is 3.99. The van der Waals surface area contributed by atoms with Crippen molar-refractivity contribution in [2.45, 2.75) is 141 Å². The molecule has 3 fully saturated rings. The Labute approximate surface area is 358 Å². The van der Waals surface area contributed by atoms with Gasteiger partial charge in [-0.3, -0.25) is 28.6 Å². The van der Waals surface area contributed by atoms with Crippen LogP contribution in [-0.2, 0) is 31.0 Å². The fraction of sp³-hybridized carbons (Fsp3) is 0.600. The molecule has 0 radical (unpaired) electrons. The van der Waals surface area contributed by atoms with Crippen LogP contribution in [0, 0.1) is 24.2 Å². The number of benzene rings is 1. The van der Waals surface area contributed by atoms with Crippen molar-refractivity contribution in [3.8, 4) is 17.4 Å². The van der Waals surface area contributed by atoms with Gasteiger partial charge in [-0.2, -0.15) is 5.10 Å². The van der Waals surface area contributed by atoms with Crippen LogP contribution in [0.5, 0.6) is 17.4 Å². The zero-order valence-electron chi connectivity index (χ0n) is 36.4. The van der Waals surface area contributed by atoms with E-state index in [2.05, 4.69) is 29.0 Å². The molecule has 2 N–H and O–H groups in total. The van der Waals surface area contributed by atoms with Gasteiger partial charge in [0.15, 0.2) is 5.78 Å². The molecule has 2 aromatic heterocycles. The first-order valence-electron chi connectivity index (χ1n) is 21.7. The van der Waals surface area contributed by atoms with E-state index in [0.29, 0.717) is 79.3 Å². The van der Waals surface area contributed by atoms with Crippen molar-refractivity contribution in [1.82, 2.24) is 29.7 Å². The number of carbonyl (C=O) groups excluding carboxylic acids is 4. The summed E-state index contributed by atoms with van der Waals surface area (Å²) in [5.74, 6) is -0.609. The molecule has 1 aromatic carbocycles. The number of pyridine rings is 1. The molecule has 3 amide bonds. The number of nitrogens with zero attached hydrogens (tertiary/aromatic N) is 4. The van der Waals surface area contributed by atoms with Gasteiger partial charge in [-0.1, -0.05) is 38.8 Å². The predicted molar refractivity (Wildman–Crippen MR) is 229 cm³/mol. The number of sulfonamides is 1. The summed E-state index contributed by atoms with van der Waals surface area (Å²) in [4.78, 5) is 63.7. The highest BCUT2D eigenvalue weighted by atomic mass is 32.2. The van der Waals surface area contributed by atoms with Gasteiger partial charge in [0.05, 0.1) is 41.5 Å². The van der Waals surface area contributed by atoms with Crippen LogP contribution >= 0.6 is 0 Å². The number of methoxy groups -OCH3 is 1. The van der Waals surface area contributed by atoms with E-state index in [0.717, 1.165) is 18.4 Å². The van der Waals surface area contributed by atoms with Crippen LogP contribution in [0.4, 0.5) is 0 Å². The molecule has 3 aromatic rings. The zero-order valence-corrected chi connectivity index (χ0v) is 37.2. The summed E-state index contributed by atoms with van der Waals surface area (Å²) >= 11 is 0. The van der Waals surface area contributed by atoms with Gasteiger partial charge in [-0.15, -0.1) is 0 Å². The van der Waals surface area contributed by atoms with Gasteiger partial charge in [-0.25, -0.2) is 13.4 Å². The Kier molecular flexibility index (Phi) is 12.6. The van der Waals surface area contributed by atoms with Crippen LogP contribution in [0.15, 0.2) is 42.6 Å². The van der Waals surface area contributed by atoms with Gasteiger partial charge < -0.3 is 24.4 Å². The molecule has 0 unspecified atom stereocenters. The number of nitrogens with one attached hydrogen (secondary N) is 2. The first kappa shape index (κ1) is 44.1. The molecule has 0 spiro atoms. The smallest absolute Gasteiger partial charge is 0.272 e. The van der Waals surface area contributed by atoms with Crippen molar-refractivity contribution in [2.24, 2.45) is 17.3 Å². The van der Waals surface area contributed by atoms with E-state index in [-0.39, 0.29) is 42.9 Å². The predicted octanol–water partition coefficient (Wildman–Crippen LogP) is 5.82. The number of hydrogen-bond donors (Lipinski definition) is 2. The van der Waals surface area contributed by atoms with E-state index in [1.165, 1.54) is 4.90 Å². The fourth-order valence-electron chi connectivity index (χ4n) is 8.64. The summed E-state index contributed by atoms with van der Waals surface area (Å²) in [5.41, 5.74) is 0.291. The van der Waals surface area contributed by atoms with E-state index in [1.807, 2.05) is 45.1 Å². The van der Waals surface area contributed by atoms with E-state index in [1.54, 1.807) is 37.0 Å². The average molecular weight is 861 g/mol. The molecule has 7 rings (SSSR count). The van der Waals surface area contributed by atoms with Crippen LogP contribution in [-0.4, -0.2) is 94.3 Å². The highest BCUT2D eigenvalue weighted by Gasteiger charge is 2.62. The number of hydrogen-bond acceptors (Lipinski definition) is 11. The minimum absolute atomic E-state index is 0.0131. The molecular formula is C45H60N6O9S. The van der Waals surface area contributed by atoms with E-state index < -0.39 is 56.1 Å². The van der Waals surface area contributed by atoms with Gasteiger partial charge in [0, 0.05) is 42.6 Å². The topological polar surface area (TPSA) is 188 Å². The number of allylic oxidation sites excluding steroid dienone is 2. The van der Waals surface area contributed by atoms with Crippen molar-refractivity contribution in [1.29, 1.82) is 0 Å². The largest absolute Gasteiger partial charge is 0.496 e. The molecule has 1 saturated heterocycles. The Bertz CT molecular complexity index is 2320. The Morgan fingerprint density at radius 3 is 2.52 bits per heavy atom. The molecule has 5 atom stereocenters. The summed E-state index contributed by atoms with van der Waals surface area (Å²) in [6.45, 7) is 12.0. The lowest BCUT2D eigenvalue weighted by Crippen LogP contribution is -2.52. The van der Waals surface area contributed by atoms with Crippen LogP contribution in [0.25, 0.3) is 10.9 Å². The number of carbonyl (C=O) groups is 4. The zero-order chi connectivity index (χ0) is 43.9. The lowest BCUT2D eigenvalue weighted by molar-refractivity contribution is -0.140. The number of aryl methyl sites for hydroxylation is 1. The van der Waals surface area contributed by atoms with Crippen molar-refractivity contribution in [2.75, 3.05) is 13.7 Å². The number of amides is 3. The monoisotopic (exact) mass is 860 g/mol. The molecule has 16 heteroatoms. The summed E-state index contributed by atoms with van der Waals surface area (Å²) in [7, 11) is -2.39. The summed E-state index contributed by atoms with van der Waals surface area (Å²) in [5, 5.41) is 8.10. The second-order valence-electron chi connectivity index (χ2n) is 18.3. The van der Waals surface area contributed by atoms with Crippen molar-refractivity contribution < 1.29 is 41.8 Å². The third-order valence-electron chi connectivity index (χ3n) is 12.6. The third kappa shape index (κ3) is 9.43. The standard InChI is InChI=1S/C45H60N6O9S/c1-27(2)25-50-20-17-33(48-50)41(53)46-34-14-12-10-8-9-11-13-30-23-45(30,43(55)49-61(56,57)44(6)18-19-44)24-36(52)35-21-31(26-51(35)42(34)54)60-38-22-39(59-28(3)4)47-40-29(5)37(58-7)16-15-32(38)40/h11,13,15-17,20,22,27-28,30-31,34-35H,8-10,12,14,18-19,21,23-26H2,1-7H3,(H,46,53)(H,49,55)/b13-11-/t30-,31+,34-,35-,45+/m0/s1. The quantitative estimate of drug-likeness (QED) is 0.209. The molecule has 0 bridgehead atoms.